The van der Waals surface area contributed by atoms with Gasteiger partial charge in [0.25, 0.3) is 0 Å². The van der Waals surface area contributed by atoms with Crippen LogP contribution in [0.3, 0.4) is 0 Å². The van der Waals surface area contributed by atoms with Gasteiger partial charge < -0.3 is 4.74 Å². The van der Waals surface area contributed by atoms with Gasteiger partial charge >= 0.3 is 12.1 Å². The second-order valence-electron chi connectivity index (χ2n) is 7.68. The van der Waals surface area contributed by atoms with Crippen LogP contribution in [0.15, 0.2) is 18.3 Å². The van der Waals surface area contributed by atoms with Gasteiger partial charge in [-0.05, 0) is 50.9 Å². The van der Waals surface area contributed by atoms with E-state index >= 15 is 0 Å². The maximum absolute atomic E-state index is 12.8. The molecule has 1 fully saturated rings. The lowest BCUT2D eigenvalue weighted by atomic mass is 9.87. The number of nitrogens with zero attached hydrogens (tertiary/aromatic N) is 3. The summed E-state index contributed by atoms with van der Waals surface area (Å²) < 4.78 is 45.4. The summed E-state index contributed by atoms with van der Waals surface area (Å²) >= 11 is 0. The van der Waals surface area contributed by atoms with Gasteiger partial charge in [0.05, 0.1) is 29.8 Å². The Bertz CT molecular complexity index is 863. The van der Waals surface area contributed by atoms with Gasteiger partial charge in [0, 0.05) is 24.7 Å². The zero-order valence-corrected chi connectivity index (χ0v) is 17.1. The SMILES string of the molecule is CCOC(=O)c1c(C)c(C(C)C2CCCCN2CCC(F)(F)F)n2ncccc12. The number of hydrogen-bond acceptors (Lipinski definition) is 4. The van der Waals surface area contributed by atoms with Gasteiger partial charge in [0.1, 0.15) is 0 Å². The summed E-state index contributed by atoms with van der Waals surface area (Å²) in [6, 6.07) is 3.56. The van der Waals surface area contributed by atoms with Crippen molar-refractivity contribution in [2.24, 2.45) is 0 Å². The number of alkyl halides is 3. The van der Waals surface area contributed by atoms with E-state index in [4.69, 9.17) is 4.74 Å². The molecule has 2 atom stereocenters. The smallest absolute Gasteiger partial charge is 0.390 e. The Balaban J connectivity index is 1.98. The first-order valence-electron chi connectivity index (χ1n) is 10.2. The van der Waals surface area contributed by atoms with Crippen LogP contribution >= 0.6 is 0 Å². The number of rotatable bonds is 6. The molecule has 0 aliphatic carbocycles. The van der Waals surface area contributed by atoms with Gasteiger partial charge in [-0.1, -0.05) is 13.3 Å². The van der Waals surface area contributed by atoms with Crippen molar-refractivity contribution in [1.29, 1.82) is 0 Å². The fourth-order valence-electron chi connectivity index (χ4n) is 4.54. The van der Waals surface area contributed by atoms with E-state index in [1.807, 2.05) is 24.8 Å². The maximum atomic E-state index is 12.8. The molecule has 0 N–H and O–H groups in total. The summed E-state index contributed by atoms with van der Waals surface area (Å²) in [6.07, 6.45) is -0.607. The van der Waals surface area contributed by atoms with Crippen molar-refractivity contribution < 1.29 is 22.7 Å². The molecule has 1 aliphatic rings. The molecule has 0 bridgehead atoms. The molecule has 0 spiro atoms. The van der Waals surface area contributed by atoms with Crippen LogP contribution in [0, 0.1) is 6.92 Å². The average molecular weight is 411 g/mol. The molecule has 5 nitrogen and oxygen atoms in total. The number of piperidine rings is 1. The van der Waals surface area contributed by atoms with E-state index in [9.17, 15) is 18.0 Å². The van der Waals surface area contributed by atoms with Crippen LogP contribution < -0.4 is 0 Å². The summed E-state index contributed by atoms with van der Waals surface area (Å²) in [7, 11) is 0. The van der Waals surface area contributed by atoms with Crippen LogP contribution in [0.25, 0.3) is 5.52 Å². The quantitative estimate of drug-likeness (QED) is 0.645. The highest BCUT2D eigenvalue weighted by Crippen LogP contribution is 2.36. The number of hydrogen-bond donors (Lipinski definition) is 0. The Kier molecular flexibility index (Phi) is 6.51. The van der Waals surface area contributed by atoms with Crippen LogP contribution in [0.2, 0.25) is 0 Å². The van der Waals surface area contributed by atoms with Gasteiger partial charge in [-0.2, -0.15) is 18.3 Å². The summed E-state index contributed by atoms with van der Waals surface area (Å²) in [4.78, 5) is 14.5. The molecule has 8 heteroatoms. The molecule has 2 unspecified atom stereocenters. The van der Waals surface area contributed by atoms with Gasteiger partial charge in [-0.15, -0.1) is 0 Å². The topological polar surface area (TPSA) is 46.8 Å². The molecule has 2 aromatic heterocycles. The monoisotopic (exact) mass is 411 g/mol. The van der Waals surface area contributed by atoms with E-state index in [2.05, 4.69) is 5.10 Å². The lowest BCUT2D eigenvalue weighted by Gasteiger charge is -2.39. The molecular formula is C21H28F3N3O2. The van der Waals surface area contributed by atoms with Crippen molar-refractivity contribution in [1.82, 2.24) is 14.5 Å². The lowest BCUT2D eigenvalue weighted by Crippen LogP contribution is -2.44. The second kappa shape index (κ2) is 8.73. The fourth-order valence-corrected chi connectivity index (χ4v) is 4.54. The Morgan fingerprint density at radius 1 is 1.38 bits per heavy atom. The van der Waals surface area contributed by atoms with Crippen LogP contribution in [0.4, 0.5) is 13.2 Å². The number of fused-ring (bicyclic) bond motifs is 1. The van der Waals surface area contributed by atoms with E-state index in [-0.39, 0.29) is 25.1 Å². The molecule has 160 valence electrons. The molecule has 1 saturated heterocycles. The molecule has 3 heterocycles. The zero-order chi connectivity index (χ0) is 21.2. The Labute approximate surface area is 168 Å². The Hall–Kier alpha value is -2.09. The first-order chi connectivity index (χ1) is 13.7. The number of carbonyl (C=O) groups excluding carboxylic acids is 1. The third-order valence-corrected chi connectivity index (χ3v) is 5.83. The number of esters is 1. The van der Waals surface area contributed by atoms with Crippen LogP contribution in [0.5, 0.6) is 0 Å². The molecule has 3 rings (SSSR count). The minimum Gasteiger partial charge on any atom is -0.462 e. The van der Waals surface area contributed by atoms with E-state index < -0.39 is 18.6 Å². The molecule has 0 aromatic carbocycles. The number of halogens is 3. The van der Waals surface area contributed by atoms with Crippen molar-refractivity contribution in [3.05, 3.63) is 35.2 Å². The molecule has 1 aliphatic heterocycles. The number of likely N-dealkylation sites (tertiary alicyclic amines) is 1. The van der Waals surface area contributed by atoms with Gasteiger partial charge in [0.15, 0.2) is 0 Å². The summed E-state index contributed by atoms with van der Waals surface area (Å²) in [5, 5.41) is 4.44. The van der Waals surface area contributed by atoms with Crippen LogP contribution in [-0.2, 0) is 4.74 Å². The standard InChI is InChI=1S/C21H28F3N3O2/c1-4-29-20(28)18-15(3)19(27-17(18)9-7-11-25-27)14(2)16-8-5-6-12-26(16)13-10-21(22,23)24/h7,9,11,14,16H,4-6,8,10,12-13H2,1-3H3. The van der Waals surface area contributed by atoms with E-state index in [1.54, 1.807) is 23.7 Å². The third kappa shape index (κ3) is 4.57. The van der Waals surface area contributed by atoms with Crippen LogP contribution in [0.1, 0.15) is 67.1 Å². The van der Waals surface area contributed by atoms with Crippen molar-refractivity contribution in [2.45, 2.75) is 64.6 Å². The maximum Gasteiger partial charge on any atom is 0.390 e. The van der Waals surface area contributed by atoms with E-state index in [0.717, 1.165) is 30.5 Å². The number of aromatic nitrogens is 2. The van der Waals surface area contributed by atoms with Crippen molar-refractivity contribution in [3.63, 3.8) is 0 Å². The Morgan fingerprint density at radius 3 is 2.83 bits per heavy atom. The van der Waals surface area contributed by atoms with E-state index in [1.165, 1.54) is 0 Å². The minimum atomic E-state index is -4.17. The van der Waals surface area contributed by atoms with Crippen LogP contribution in [-0.4, -0.2) is 52.4 Å². The molecule has 29 heavy (non-hydrogen) atoms. The van der Waals surface area contributed by atoms with E-state index in [0.29, 0.717) is 17.6 Å². The first kappa shape index (κ1) is 21.6. The van der Waals surface area contributed by atoms with Crippen molar-refractivity contribution in [2.75, 3.05) is 19.7 Å². The summed E-state index contributed by atoms with van der Waals surface area (Å²) in [6.45, 7) is 6.58. The predicted molar refractivity (Wildman–Crippen MR) is 104 cm³/mol. The lowest BCUT2D eigenvalue weighted by molar-refractivity contribution is -0.140. The third-order valence-electron chi connectivity index (χ3n) is 5.83. The normalized spacial score (nSPS) is 19.4. The summed E-state index contributed by atoms with van der Waals surface area (Å²) in [5.74, 6) is -0.472. The largest absolute Gasteiger partial charge is 0.462 e. The zero-order valence-electron chi connectivity index (χ0n) is 17.1. The molecule has 0 amide bonds. The fraction of sp³-hybridized carbons (Fsp3) is 0.619. The average Bonchev–Trinajstić information content (AvgIpc) is 2.97. The van der Waals surface area contributed by atoms with Gasteiger partial charge in [0.2, 0.25) is 0 Å². The molecular weight excluding hydrogens is 383 g/mol. The molecule has 2 aromatic rings. The highest BCUT2D eigenvalue weighted by atomic mass is 19.4. The highest BCUT2D eigenvalue weighted by Gasteiger charge is 2.35. The summed E-state index contributed by atoms with van der Waals surface area (Å²) in [5.41, 5.74) is 2.81. The minimum absolute atomic E-state index is 0.000968. The predicted octanol–water partition coefficient (Wildman–Crippen LogP) is 4.73. The van der Waals surface area contributed by atoms with Gasteiger partial charge in [-0.25, -0.2) is 9.31 Å². The number of ether oxygens (including phenoxy) is 1. The highest BCUT2D eigenvalue weighted by molar-refractivity contribution is 5.99. The number of carbonyl (C=O) groups is 1. The molecule has 0 saturated carbocycles. The first-order valence-corrected chi connectivity index (χ1v) is 10.2. The molecule has 0 radical (unpaired) electrons. The van der Waals surface area contributed by atoms with Gasteiger partial charge in [-0.3, -0.25) is 4.90 Å². The van der Waals surface area contributed by atoms with Crippen molar-refractivity contribution >= 4 is 11.5 Å². The van der Waals surface area contributed by atoms with Crippen molar-refractivity contribution in [3.8, 4) is 0 Å². The second-order valence-corrected chi connectivity index (χ2v) is 7.68. The Morgan fingerprint density at radius 2 is 2.14 bits per heavy atom.